The van der Waals surface area contributed by atoms with Crippen molar-refractivity contribution in [3.63, 3.8) is 0 Å². The molecule has 0 aromatic carbocycles. The summed E-state index contributed by atoms with van der Waals surface area (Å²) in [5, 5.41) is 2.12. The van der Waals surface area contributed by atoms with Crippen LogP contribution in [0.2, 0.25) is 0 Å². The monoisotopic (exact) mass is 279 g/mol. The maximum absolute atomic E-state index is 12.0. The van der Waals surface area contributed by atoms with Gasteiger partial charge in [0, 0.05) is 18.0 Å². The van der Waals surface area contributed by atoms with Gasteiger partial charge in [0.2, 0.25) is 0 Å². The molecule has 1 aliphatic heterocycles. The van der Waals surface area contributed by atoms with Crippen LogP contribution in [0, 0.1) is 6.92 Å². The third-order valence-electron chi connectivity index (χ3n) is 3.07. The second-order valence-electron chi connectivity index (χ2n) is 5.80. The smallest absolute Gasteiger partial charge is 0.410 e. The minimum atomic E-state index is -0.426. The summed E-state index contributed by atoms with van der Waals surface area (Å²) in [5.74, 6) is 0. The number of carbonyl (C=O) groups excluding carboxylic acids is 1. The van der Waals surface area contributed by atoms with Crippen LogP contribution < -0.4 is 0 Å². The summed E-state index contributed by atoms with van der Waals surface area (Å²) in [4.78, 5) is 15.1. The molecule has 2 rings (SSSR count). The van der Waals surface area contributed by atoms with E-state index in [0.717, 1.165) is 13.0 Å². The van der Waals surface area contributed by atoms with Crippen LogP contribution in [0.4, 0.5) is 4.79 Å². The van der Waals surface area contributed by atoms with Crippen molar-refractivity contribution in [1.29, 1.82) is 0 Å². The van der Waals surface area contributed by atoms with Crippen LogP contribution in [0.3, 0.4) is 0 Å². The van der Waals surface area contributed by atoms with Gasteiger partial charge in [-0.1, -0.05) is 6.08 Å². The van der Waals surface area contributed by atoms with E-state index in [2.05, 4.69) is 24.4 Å². The Morgan fingerprint density at radius 1 is 1.42 bits per heavy atom. The van der Waals surface area contributed by atoms with Gasteiger partial charge in [-0.2, -0.15) is 0 Å². The number of amides is 1. The summed E-state index contributed by atoms with van der Waals surface area (Å²) in [6.45, 7) is 9.19. The Bertz CT molecular complexity index is 496. The lowest BCUT2D eigenvalue weighted by Crippen LogP contribution is -2.39. The van der Waals surface area contributed by atoms with E-state index >= 15 is 0 Å². The molecule has 1 aromatic heterocycles. The highest BCUT2D eigenvalue weighted by Gasteiger charge is 2.24. The number of carbonyl (C=O) groups is 1. The third-order valence-corrected chi connectivity index (χ3v) is 3.91. The Labute approximate surface area is 118 Å². The highest BCUT2D eigenvalue weighted by molar-refractivity contribution is 7.10. The molecular weight excluding hydrogens is 258 g/mol. The number of thiophene rings is 1. The molecule has 0 aliphatic carbocycles. The van der Waals surface area contributed by atoms with Crippen molar-refractivity contribution < 1.29 is 9.53 Å². The molecule has 0 atom stereocenters. The number of hydrogen-bond acceptors (Lipinski definition) is 3. The molecule has 104 valence electrons. The molecule has 0 fully saturated rings. The lowest BCUT2D eigenvalue weighted by atomic mass is 10.0. The minimum Gasteiger partial charge on any atom is -0.444 e. The highest BCUT2D eigenvalue weighted by Crippen LogP contribution is 2.28. The molecule has 0 saturated heterocycles. The number of rotatable bonds is 1. The summed E-state index contributed by atoms with van der Waals surface area (Å²) in [7, 11) is 0. The van der Waals surface area contributed by atoms with Crippen LogP contribution in [0.15, 0.2) is 17.5 Å². The molecule has 0 radical (unpaired) electrons. The molecule has 3 nitrogen and oxygen atoms in total. The number of aryl methyl sites for hydroxylation is 1. The van der Waals surface area contributed by atoms with E-state index in [1.54, 1.807) is 16.2 Å². The standard InChI is InChI=1S/C15H21NO2S/c1-11-13(7-10-19-11)12-5-8-16(9-6-12)14(17)18-15(2,3)4/h5,7,10H,6,8-9H2,1-4H3. The molecule has 19 heavy (non-hydrogen) atoms. The van der Waals surface area contributed by atoms with Crippen LogP contribution in [-0.2, 0) is 4.74 Å². The normalized spacial score (nSPS) is 16.2. The SMILES string of the molecule is Cc1sccc1C1=CCN(C(=O)OC(C)(C)C)CC1. The van der Waals surface area contributed by atoms with Gasteiger partial charge in [-0.25, -0.2) is 4.79 Å². The van der Waals surface area contributed by atoms with Crippen molar-refractivity contribution in [2.45, 2.75) is 39.7 Å². The maximum atomic E-state index is 12.0. The minimum absolute atomic E-state index is 0.218. The van der Waals surface area contributed by atoms with Gasteiger partial charge in [0.15, 0.2) is 0 Å². The predicted molar refractivity (Wildman–Crippen MR) is 79.5 cm³/mol. The molecule has 4 heteroatoms. The fourth-order valence-electron chi connectivity index (χ4n) is 2.12. The summed E-state index contributed by atoms with van der Waals surface area (Å²) in [6.07, 6.45) is 2.82. The molecule has 0 N–H and O–H groups in total. The molecule has 2 heterocycles. The van der Waals surface area contributed by atoms with E-state index in [4.69, 9.17) is 4.74 Å². The molecule has 0 bridgehead atoms. The molecule has 0 spiro atoms. The first-order chi connectivity index (χ1) is 8.87. The van der Waals surface area contributed by atoms with E-state index < -0.39 is 5.60 Å². The zero-order chi connectivity index (χ0) is 14.0. The Morgan fingerprint density at radius 2 is 2.16 bits per heavy atom. The van der Waals surface area contributed by atoms with Gasteiger partial charge >= 0.3 is 6.09 Å². The van der Waals surface area contributed by atoms with Gasteiger partial charge in [-0.3, -0.25) is 0 Å². The Hall–Kier alpha value is -1.29. The summed E-state index contributed by atoms with van der Waals surface area (Å²) in [5.41, 5.74) is 2.25. The summed E-state index contributed by atoms with van der Waals surface area (Å²) in [6, 6.07) is 2.16. The van der Waals surface area contributed by atoms with Gasteiger partial charge in [0.25, 0.3) is 0 Å². The molecular formula is C15H21NO2S. The lowest BCUT2D eigenvalue weighted by molar-refractivity contribution is 0.0270. The topological polar surface area (TPSA) is 29.5 Å². The Morgan fingerprint density at radius 3 is 2.63 bits per heavy atom. The molecule has 1 aromatic rings. The van der Waals surface area contributed by atoms with Crippen LogP contribution in [0.5, 0.6) is 0 Å². The fraction of sp³-hybridized carbons (Fsp3) is 0.533. The quantitative estimate of drug-likeness (QED) is 0.775. The zero-order valence-corrected chi connectivity index (χ0v) is 12.8. The maximum Gasteiger partial charge on any atom is 0.410 e. The zero-order valence-electron chi connectivity index (χ0n) is 12.0. The molecule has 1 aliphatic rings. The second-order valence-corrected chi connectivity index (χ2v) is 6.92. The van der Waals surface area contributed by atoms with Crippen molar-refractivity contribution in [3.05, 3.63) is 28.0 Å². The molecule has 0 saturated carbocycles. The second kappa shape index (κ2) is 5.37. The predicted octanol–water partition coefficient (Wildman–Crippen LogP) is 4.08. The molecule has 1 amide bonds. The van der Waals surface area contributed by atoms with Crippen LogP contribution in [-0.4, -0.2) is 29.7 Å². The lowest BCUT2D eigenvalue weighted by Gasteiger charge is -2.29. The first-order valence-electron chi connectivity index (χ1n) is 6.58. The first-order valence-corrected chi connectivity index (χ1v) is 7.46. The van der Waals surface area contributed by atoms with E-state index in [1.807, 2.05) is 20.8 Å². The number of nitrogens with zero attached hydrogens (tertiary/aromatic N) is 1. The van der Waals surface area contributed by atoms with Crippen molar-refractivity contribution in [2.75, 3.05) is 13.1 Å². The van der Waals surface area contributed by atoms with Crippen molar-refractivity contribution in [2.24, 2.45) is 0 Å². The van der Waals surface area contributed by atoms with Gasteiger partial charge in [0.05, 0.1) is 0 Å². The van der Waals surface area contributed by atoms with Crippen molar-refractivity contribution >= 4 is 23.0 Å². The van der Waals surface area contributed by atoms with Gasteiger partial charge in [-0.15, -0.1) is 11.3 Å². The van der Waals surface area contributed by atoms with E-state index in [0.29, 0.717) is 6.54 Å². The largest absolute Gasteiger partial charge is 0.444 e. The first kappa shape index (κ1) is 14.1. The Kier molecular flexibility index (Phi) is 3.99. The molecule has 0 unspecified atom stereocenters. The average Bonchev–Trinajstić information content (AvgIpc) is 2.73. The number of ether oxygens (including phenoxy) is 1. The van der Waals surface area contributed by atoms with Crippen LogP contribution >= 0.6 is 11.3 Å². The highest BCUT2D eigenvalue weighted by atomic mass is 32.1. The van der Waals surface area contributed by atoms with Gasteiger partial charge in [-0.05, 0) is 56.7 Å². The van der Waals surface area contributed by atoms with E-state index in [1.165, 1.54) is 16.0 Å². The van der Waals surface area contributed by atoms with Gasteiger partial charge in [0.1, 0.15) is 5.60 Å². The summed E-state index contributed by atoms with van der Waals surface area (Å²) >= 11 is 1.77. The van der Waals surface area contributed by atoms with E-state index in [9.17, 15) is 4.79 Å². The third kappa shape index (κ3) is 3.60. The average molecular weight is 279 g/mol. The number of hydrogen-bond donors (Lipinski definition) is 0. The fourth-order valence-corrected chi connectivity index (χ4v) is 2.86. The van der Waals surface area contributed by atoms with Crippen LogP contribution in [0.1, 0.15) is 37.6 Å². The van der Waals surface area contributed by atoms with Crippen molar-refractivity contribution in [1.82, 2.24) is 4.90 Å². The van der Waals surface area contributed by atoms with Gasteiger partial charge < -0.3 is 9.64 Å². The summed E-state index contributed by atoms with van der Waals surface area (Å²) < 4.78 is 5.39. The van der Waals surface area contributed by atoms with Crippen molar-refractivity contribution in [3.8, 4) is 0 Å². The van der Waals surface area contributed by atoms with E-state index in [-0.39, 0.29) is 6.09 Å². The Balaban J connectivity index is 2.00. The van der Waals surface area contributed by atoms with Crippen LogP contribution in [0.25, 0.3) is 5.57 Å².